The van der Waals surface area contributed by atoms with Crippen LogP contribution in [0.25, 0.3) is 0 Å². The summed E-state index contributed by atoms with van der Waals surface area (Å²) in [4.78, 5) is 2.21. The van der Waals surface area contributed by atoms with Gasteiger partial charge in [0.05, 0.1) is 0 Å². The molecule has 21 heavy (non-hydrogen) atoms. The van der Waals surface area contributed by atoms with Crippen molar-refractivity contribution in [3.63, 3.8) is 0 Å². The van der Waals surface area contributed by atoms with Gasteiger partial charge in [-0.15, -0.1) is 0 Å². The maximum absolute atomic E-state index is 6.55. The second-order valence-electron chi connectivity index (χ2n) is 5.44. The van der Waals surface area contributed by atoms with Gasteiger partial charge >= 0.3 is 0 Å². The number of thioether (sulfide) groups is 1. The molecule has 2 nitrogen and oxygen atoms in total. The number of rotatable bonds is 7. The summed E-state index contributed by atoms with van der Waals surface area (Å²) in [5.41, 5.74) is 9.05. The molecule has 0 heterocycles. The lowest BCUT2D eigenvalue weighted by atomic mass is 9.99. The number of nitrogens with two attached hydrogens (primary N) is 1. The summed E-state index contributed by atoms with van der Waals surface area (Å²) < 4.78 is 0. The van der Waals surface area contributed by atoms with Crippen molar-refractivity contribution in [3.05, 3.63) is 71.8 Å². The van der Waals surface area contributed by atoms with Crippen molar-refractivity contribution in [2.45, 2.75) is 11.3 Å². The van der Waals surface area contributed by atoms with Crippen LogP contribution in [0.2, 0.25) is 0 Å². The molecule has 2 atom stereocenters. The van der Waals surface area contributed by atoms with Gasteiger partial charge in [-0.1, -0.05) is 60.7 Å². The molecule has 0 spiro atoms. The zero-order chi connectivity index (χ0) is 15.1. The second-order valence-corrected chi connectivity index (χ2v) is 6.69. The van der Waals surface area contributed by atoms with Crippen LogP contribution >= 0.6 is 11.8 Å². The molecule has 3 heteroatoms. The van der Waals surface area contributed by atoms with Gasteiger partial charge in [-0.05, 0) is 25.2 Å². The lowest BCUT2D eigenvalue weighted by molar-refractivity contribution is 0.437. The first-order valence-corrected chi connectivity index (χ1v) is 8.35. The van der Waals surface area contributed by atoms with Gasteiger partial charge in [0, 0.05) is 23.6 Å². The van der Waals surface area contributed by atoms with Crippen LogP contribution in [0.1, 0.15) is 22.4 Å². The molecule has 0 aliphatic heterocycles. The minimum Gasteiger partial charge on any atom is -0.323 e. The van der Waals surface area contributed by atoms with Crippen LogP contribution in [0.3, 0.4) is 0 Å². The fourth-order valence-electron chi connectivity index (χ4n) is 2.26. The highest BCUT2D eigenvalue weighted by molar-refractivity contribution is 7.99. The van der Waals surface area contributed by atoms with Crippen molar-refractivity contribution < 1.29 is 0 Å². The highest BCUT2D eigenvalue weighted by Crippen LogP contribution is 2.38. The Kier molecular flexibility index (Phi) is 6.30. The van der Waals surface area contributed by atoms with Crippen LogP contribution in [-0.2, 0) is 0 Å². The molecule has 2 N–H and O–H groups in total. The summed E-state index contributed by atoms with van der Waals surface area (Å²) in [6.07, 6.45) is 0. The molecule has 0 aromatic heterocycles. The molecule has 0 aliphatic carbocycles. The van der Waals surface area contributed by atoms with Gasteiger partial charge in [0.1, 0.15) is 0 Å². The van der Waals surface area contributed by atoms with Crippen molar-refractivity contribution in [1.29, 1.82) is 0 Å². The van der Waals surface area contributed by atoms with Crippen molar-refractivity contribution in [2.24, 2.45) is 5.73 Å². The third-order valence-corrected chi connectivity index (χ3v) is 4.82. The van der Waals surface area contributed by atoms with E-state index in [1.165, 1.54) is 11.1 Å². The molecular formula is C18H24N2S. The fraction of sp³-hybridized carbons (Fsp3) is 0.333. The SMILES string of the molecule is CN(C)CCSC(c1ccccc1)C(N)c1ccccc1. The van der Waals surface area contributed by atoms with Crippen molar-refractivity contribution >= 4 is 11.8 Å². The Morgan fingerprint density at radius 3 is 1.95 bits per heavy atom. The summed E-state index contributed by atoms with van der Waals surface area (Å²) >= 11 is 1.94. The molecule has 112 valence electrons. The van der Waals surface area contributed by atoms with Crippen molar-refractivity contribution in [2.75, 3.05) is 26.4 Å². The lowest BCUT2D eigenvalue weighted by Gasteiger charge is -2.25. The van der Waals surface area contributed by atoms with E-state index < -0.39 is 0 Å². The van der Waals surface area contributed by atoms with E-state index in [1.807, 2.05) is 17.8 Å². The van der Waals surface area contributed by atoms with Crippen molar-refractivity contribution in [3.8, 4) is 0 Å². The number of hydrogen-bond donors (Lipinski definition) is 1. The molecule has 2 unspecified atom stereocenters. The van der Waals surface area contributed by atoms with E-state index in [4.69, 9.17) is 5.73 Å². The van der Waals surface area contributed by atoms with Gasteiger partial charge in [-0.2, -0.15) is 11.8 Å². The van der Waals surface area contributed by atoms with Gasteiger partial charge in [0.2, 0.25) is 0 Å². The Labute approximate surface area is 132 Å². The van der Waals surface area contributed by atoms with Crippen LogP contribution in [0, 0.1) is 0 Å². The summed E-state index contributed by atoms with van der Waals surface area (Å²) in [5.74, 6) is 1.08. The zero-order valence-electron chi connectivity index (χ0n) is 12.8. The first-order chi connectivity index (χ1) is 10.2. The maximum Gasteiger partial charge on any atom is 0.0490 e. The second kappa shape index (κ2) is 8.23. The summed E-state index contributed by atoms with van der Waals surface area (Å²) in [7, 11) is 4.21. The minimum absolute atomic E-state index is 0.0146. The van der Waals surface area contributed by atoms with Gasteiger partial charge in [0.25, 0.3) is 0 Å². The molecule has 0 fully saturated rings. The minimum atomic E-state index is 0.0146. The summed E-state index contributed by atoms with van der Waals surface area (Å²) in [6, 6.07) is 21.0. The summed E-state index contributed by atoms with van der Waals surface area (Å²) in [6.45, 7) is 1.06. The maximum atomic E-state index is 6.55. The molecule has 0 saturated heterocycles. The van der Waals surface area contributed by atoms with Gasteiger partial charge in [0.15, 0.2) is 0 Å². The standard InChI is InChI=1S/C18H24N2S/c1-20(2)13-14-21-18(16-11-7-4-8-12-16)17(19)15-9-5-3-6-10-15/h3-12,17-18H,13-14,19H2,1-2H3. The van der Waals surface area contributed by atoms with E-state index in [2.05, 4.69) is 73.6 Å². The largest absolute Gasteiger partial charge is 0.323 e. The fourth-order valence-corrected chi connectivity index (χ4v) is 3.70. The van der Waals surface area contributed by atoms with E-state index >= 15 is 0 Å². The van der Waals surface area contributed by atoms with Gasteiger partial charge in [-0.25, -0.2) is 0 Å². The molecule has 2 aromatic rings. The highest BCUT2D eigenvalue weighted by atomic mass is 32.2. The quantitative estimate of drug-likeness (QED) is 0.845. The predicted octanol–water partition coefficient (Wildman–Crippen LogP) is 3.72. The Bertz CT molecular complexity index is 513. The Morgan fingerprint density at radius 2 is 1.43 bits per heavy atom. The van der Waals surface area contributed by atoms with Crippen LogP contribution < -0.4 is 5.73 Å². The highest BCUT2D eigenvalue weighted by Gasteiger charge is 2.21. The van der Waals surface area contributed by atoms with E-state index in [0.29, 0.717) is 0 Å². The molecule has 0 saturated carbocycles. The molecule has 0 amide bonds. The lowest BCUT2D eigenvalue weighted by Crippen LogP contribution is -2.20. The smallest absolute Gasteiger partial charge is 0.0490 e. The molecule has 0 radical (unpaired) electrons. The molecule has 0 aliphatic rings. The Balaban J connectivity index is 2.15. The van der Waals surface area contributed by atoms with E-state index in [1.54, 1.807) is 0 Å². The van der Waals surface area contributed by atoms with Crippen LogP contribution in [0.5, 0.6) is 0 Å². The van der Waals surface area contributed by atoms with Crippen LogP contribution in [0.15, 0.2) is 60.7 Å². The van der Waals surface area contributed by atoms with E-state index in [9.17, 15) is 0 Å². The number of benzene rings is 2. The first kappa shape index (κ1) is 16.1. The Morgan fingerprint density at radius 1 is 0.905 bits per heavy atom. The third-order valence-electron chi connectivity index (χ3n) is 3.47. The zero-order valence-corrected chi connectivity index (χ0v) is 13.6. The molecule has 0 bridgehead atoms. The van der Waals surface area contributed by atoms with Gasteiger partial charge < -0.3 is 10.6 Å². The van der Waals surface area contributed by atoms with Crippen LogP contribution in [-0.4, -0.2) is 31.3 Å². The summed E-state index contributed by atoms with van der Waals surface area (Å²) in [5, 5.41) is 0.286. The molecule has 2 aromatic carbocycles. The average Bonchev–Trinajstić information content (AvgIpc) is 2.52. The van der Waals surface area contributed by atoms with E-state index in [0.717, 1.165) is 12.3 Å². The normalized spacial score (nSPS) is 14.1. The number of nitrogens with zero attached hydrogens (tertiary/aromatic N) is 1. The third kappa shape index (κ3) is 4.88. The predicted molar refractivity (Wildman–Crippen MR) is 93.6 cm³/mol. The van der Waals surface area contributed by atoms with Crippen LogP contribution in [0.4, 0.5) is 0 Å². The Hall–Kier alpha value is -1.29. The molecular weight excluding hydrogens is 276 g/mol. The first-order valence-electron chi connectivity index (χ1n) is 7.30. The average molecular weight is 300 g/mol. The van der Waals surface area contributed by atoms with Crippen molar-refractivity contribution in [1.82, 2.24) is 4.90 Å². The molecule has 2 rings (SSSR count). The monoisotopic (exact) mass is 300 g/mol. The number of hydrogen-bond acceptors (Lipinski definition) is 3. The van der Waals surface area contributed by atoms with Gasteiger partial charge in [-0.3, -0.25) is 0 Å². The van der Waals surface area contributed by atoms with E-state index in [-0.39, 0.29) is 11.3 Å². The topological polar surface area (TPSA) is 29.3 Å².